The number of nitrogens with zero attached hydrogens (tertiary/aromatic N) is 1. The van der Waals surface area contributed by atoms with Crippen molar-refractivity contribution in [2.75, 3.05) is 19.0 Å². The molecule has 0 fully saturated rings. The van der Waals surface area contributed by atoms with Crippen molar-refractivity contribution in [3.63, 3.8) is 0 Å². The van der Waals surface area contributed by atoms with E-state index in [0.717, 1.165) is 5.56 Å². The van der Waals surface area contributed by atoms with E-state index in [4.69, 9.17) is 14.2 Å². The van der Waals surface area contributed by atoms with Gasteiger partial charge in [-0.05, 0) is 66.7 Å². The molecule has 9 heteroatoms. The van der Waals surface area contributed by atoms with Crippen molar-refractivity contribution in [1.82, 2.24) is 10.6 Å². The third-order valence-corrected chi connectivity index (χ3v) is 3.30. The second-order valence-electron chi connectivity index (χ2n) is 8.46. The molecule has 0 aromatic heterocycles. The molecule has 1 aromatic carbocycles. The Labute approximate surface area is 178 Å². The summed E-state index contributed by atoms with van der Waals surface area (Å²) in [6, 6.07) is 5.32. The van der Waals surface area contributed by atoms with E-state index >= 15 is 0 Å². The number of benzene rings is 1. The fourth-order valence-electron chi connectivity index (χ4n) is 2.28. The third kappa shape index (κ3) is 9.99. The van der Waals surface area contributed by atoms with Gasteiger partial charge in [0.25, 0.3) is 0 Å². The van der Waals surface area contributed by atoms with E-state index in [-0.39, 0.29) is 12.5 Å². The van der Waals surface area contributed by atoms with Gasteiger partial charge in [0.05, 0.1) is 7.11 Å². The quantitative estimate of drug-likeness (QED) is 0.488. The van der Waals surface area contributed by atoms with Gasteiger partial charge in [0.2, 0.25) is 5.96 Å². The van der Waals surface area contributed by atoms with Gasteiger partial charge in [-0.2, -0.15) is 0 Å². The Morgan fingerprint density at radius 2 is 1.60 bits per heavy atom. The van der Waals surface area contributed by atoms with Crippen LogP contribution in [0.2, 0.25) is 0 Å². The Morgan fingerprint density at radius 1 is 1.00 bits per heavy atom. The Morgan fingerprint density at radius 3 is 2.13 bits per heavy atom. The largest absolute Gasteiger partial charge is 0.496 e. The Bertz CT molecular complexity index is 764. The third-order valence-electron chi connectivity index (χ3n) is 3.30. The van der Waals surface area contributed by atoms with Gasteiger partial charge in [-0.25, -0.2) is 9.59 Å². The lowest BCUT2D eigenvalue weighted by Gasteiger charge is -2.21. The van der Waals surface area contributed by atoms with Gasteiger partial charge >= 0.3 is 12.2 Å². The van der Waals surface area contributed by atoms with E-state index in [2.05, 4.69) is 20.9 Å². The van der Waals surface area contributed by atoms with Crippen molar-refractivity contribution in [1.29, 1.82) is 0 Å². The van der Waals surface area contributed by atoms with Crippen molar-refractivity contribution < 1.29 is 23.8 Å². The fraction of sp³-hybridized carbons (Fsp3) is 0.571. The molecular formula is C21H34N4O5. The number of methoxy groups -OCH3 is 1. The Kier molecular flexibility index (Phi) is 8.94. The number of carbonyl (C=O) groups excluding carboxylic acids is 2. The van der Waals surface area contributed by atoms with Gasteiger partial charge in [-0.1, -0.05) is 0 Å². The number of anilines is 1. The summed E-state index contributed by atoms with van der Waals surface area (Å²) in [4.78, 5) is 28.3. The number of hydrogen-bond acceptors (Lipinski definition) is 6. The molecule has 0 heterocycles. The summed E-state index contributed by atoms with van der Waals surface area (Å²) in [6.45, 7) is 13.2. The summed E-state index contributed by atoms with van der Waals surface area (Å²) in [7, 11) is 1.55. The topological polar surface area (TPSA) is 110 Å². The van der Waals surface area contributed by atoms with E-state index in [0.29, 0.717) is 18.0 Å². The summed E-state index contributed by atoms with van der Waals surface area (Å²) in [5.41, 5.74) is 0.167. The zero-order chi connectivity index (χ0) is 22.9. The van der Waals surface area contributed by atoms with Crippen LogP contribution in [0.5, 0.6) is 5.75 Å². The predicted octanol–water partition coefficient (Wildman–Crippen LogP) is 4.03. The first kappa shape index (κ1) is 25.1. The molecule has 30 heavy (non-hydrogen) atoms. The van der Waals surface area contributed by atoms with Crippen LogP contribution in [0.1, 0.15) is 54.0 Å². The maximum atomic E-state index is 12.1. The highest BCUT2D eigenvalue weighted by Crippen LogP contribution is 2.23. The van der Waals surface area contributed by atoms with Crippen LogP contribution in [0.25, 0.3) is 0 Å². The van der Waals surface area contributed by atoms with Crippen LogP contribution in [0.15, 0.2) is 23.2 Å². The monoisotopic (exact) mass is 422 g/mol. The van der Waals surface area contributed by atoms with E-state index in [1.807, 2.05) is 6.92 Å². The molecule has 2 amide bonds. The van der Waals surface area contributed by atoms with Crippen LogP contribution in [0.4, 0.5) is 15.3 Å². The molecule has 1 rings (SSSR count). The SMILES string of the molecule is CC/N=C(/NC(=O)OC(C)(C)C)Nc1ccc(OC)c(CNC(=O)OC(C)(C)C)c1. The minimum Gasteiger partial charge on any atom is -0.496 e. The second-order valence-corrected chi connectivity index (χ2v) is 8.46. The summed E-state index contributed by atoms with van der Waals surface area (Å²) in [5.74, 6) is 0.855. The molecule has 0 radical (unpaired) electrons. The van der Waals surface area contributed by atoms with Crippen LogP contribution >= 0.6 is 0 Å². The zero-order valence-corrected chi connectivity index (χ0v) is 19.1. The molecule has 0 spiro atoms. The predicted molar refractivity (Wildman–Crippen MR) is 117 cm³/mol. The van der Waals surface area contributed by atoms with Gasteiger partial charge in [-0.15, -0.1) is 0 Å². The fourth-order valence-corrected chi connectivity index (χ4v) is 2.28. The molecule has 0 unspecified atom stereocenters. The van der Waals surface area contributed by atoms with Crippen molar-refractivity contribution >= 4 is 23.8 Å². The Balaban J connectivity index is 2.90. The lowest BCUT2D eigenvalue weighted by molar-refractivity contribution is 0.0520. The van der Waals surface area contributed by atoms with Crippen LogP contribution in [-0.4, -0.2) is 43.0 Å². The summed E-state index contributed by atoms with van der Waals surface area (Å²) in [6.07, 6.45) is -1.13. The van der Waals surface area contributed by atoms with Crippen molar-refractivity contribution in [3.8, 4) is 5.75 Å². The zero-order valence-electron chi connectivity index (χ0n) is 19.1. The average molecular weight is 423 g/mol. The Hall–Kier alpha value is -2.97. The number of guanidine groups is 1. The van der Waals surface area contributed by atoms with E-state index in [9.17, 15) is 9.59 Å². The first-order chi connectivity index (χ1) is 13.8. The number of hydrogen-bond donors (Lipinski definition) is 3. The van der Waals surface area contributed by atoms with Crippen molar-refractivity contribution in [3.05, 3.63) is 23.8 Å². The molecule has 0 saturated heterocycles. The van der Waals surface area contributed by atoms with Crippen LogP contribution in [0, 0.1) is 0 Å². The highest BCUT2D eigenvalue weighted by atomic mass is 16.6. The van der Waals surface area contributed by atoms with Gasteiger partial charge in [-0.3, -0.25) is 10.3 Å². The average Bonchev–Trinajstić information content (AvgIpc) is 2.57. The van der Waals surface area contributed by atoms with Crippen LogP contribution < -0.4 is 20.7 Å². The number of nitrogens with one attached hydrogen (secondary N) is 3. The minimum absolute atomic E-state index is 0.202. The highest BCUT2D eigenvalue weighted by molar-refractivity contribution is 6.02. The van der Waals surface area contributed by atoms with Crippen molar-refractivity contribution in [2.24, 2.45) is 4.99 Å². The van der Waals surface area contributed by atoms with Gasteiger partial charge < -0.3 is 24.8 Å². The van der Waals surface area contributed by atoms with E-state index < -0.39 is 23.4 Å². The van der Waals surface area contributed by atoms with E-state index in [1.54, 1.807) is 66.9 Å². The number of aliphatic imine (C=N–C) groups is 1. The number of amides is 2. The molecule has 0 aliphatic rings. The molecule has 3 N–H and O–H groups in total. The lowest BCUT2D eigenvalue weighted by Crippen LogP contribution is -2.40. The first-order valence-corrected chi connectivity index (χ1v) is 9.78. The summed E-state index contributed by atoms with van der Waals surface area (Å²) < 4.78 is 15.9. The number of alkyl carbamates (subject to hydrolysis) is 2. The molecular weight excluding hydrogens is 388 g/mol. The van der Waals surface area contributed by atoms with Gasteiger partial charge in [0.1, 0.15) is 17.0 Å². The summed E-state index contributed by atoms with van der Waals surface area (Å²) >= 11 is 0. The highest BCUT2D eigenvalue weighted by Gasteiger charge is 2.18. The molecule has 0 bridgehead atoms. The molecule has 0 aliphatic heterocycles. The molecule has 0 aliphatic carbocycles. The van der Waals surface area contributed by atoms with E-state index in [1.165, 1.54) is 0 Å². The molecule has 0 atom stereocenters. The number of rotatable bonds is 5. The van der Waals surface area contributed by atoms with Gasteiger partial charge in [0, 0.05) is 24.3 Å². The van der Waals surface area contributed by atoms with Crippen LogP contribution in [-0.2, 0) is 16.0 Å². The second kappa shape index (κ2) is 10.7. The summed E-state index contributed by atoms with van der Waals surface area (Å²) in [5, 5.41) is 8.36. The van der Waals surface area contributed by atoms with Crippen LogP contribution in [0.3, 0.4) is 0 Å². The number of carbonyl (C=O) groups is 2. The van der Waals surface area contributed by atoms with Gasteiger partial charge in [0.15, 0.2) is 0 Å². The molecule has 0 saturated carbocycles. The smallest absolute Gasteiger partial charge is 0.414 e. The maximum Gasteiger partial charge on any atom is 0.414 e. The van der Waals surface area contributed by atoms with Crippen molar-refractivity contribution in [2.45, 2.75) is 66.2 Å². The molecule has 168 valence electrons. The minimum atomic E-state index is -0.623. The lowest BCUT2D eigenvalue weighted by atomic mass is 10.1. The number of ether oxygens (including phenoxy) is 3. The normalized spacial score (nSPS) is 12.1. The first-order valence-electron chi connectivity index (χ1n) is 9.78. The maximum absolute atomic E-state index is 12.1. The standard InChI is InChI=1S/C21H34N4O5/c1-9-22-17(25-19(27)30-21(5,6)7)24-15-10-11-16(28-8)14(12-15)13-23-18(26)29-20(2,3)4/h10-12H,9,13H2,1-8H3,(H,23,26)(H2,22,24,25,27). The molecule has 9 nitrogen and oxygen atoms in total. The molecule has 1 aromatic rings.